The third-order valence-corrected chi connectivity index (χ3v) is 5.31. The number of carboxylic acids is 1. The molecule has 0 spiro atoms. The molecule has 0 unspecified atom stereocenters. The molecule has 1 amide bonds. The molecule has 0 bridgehead atoms. The van der Waals surface area contributed by atoms with Gasteiger partial charge in [0.2, 0.25) is 5.91 Å². The Morgan fingerprint density at radius 2 is 2.04 bits per heavy atom. The normalized spacial score (nSPS) is 20.3. The van der Waals surface area contributed by atoms with Crippen molar-refractivity contribution in [1.82, 2.24) is 9.88 Å². The van der Waals surface area contributed by atoms with Gasteiger partial charge in [0.1, 0.15) is 0 Å². The van der Waals surface area contributed by atoms with E-state index in [1.165, 1.54) is 5.56 Å². The maximum absolute atomic E-state index is 12.4. The van der Waals surface area contributed by atoms with E-state index in [1.54, 1.807) is 16.2 Å². The fraction of sp³-hybridized carbons (Fsp3) is 0.389. The monoisotopic (exact) mass is 344 g/mol. The second kappa shape index (κ2) is 7.13. The first-order valence-electron chi connectivity index (χ1n) is 8.00. The fourth-order valence-corrected chi connectivity index (χ4v) is 3.87. The SMILES string of the molecule is C[C@@H]1CN(C(=O)Cc2csc(Cc3ccccc3)n2)C[C@H]1C(=O)O. The molecule has 1 aromatic heterocycles. The van der Waals surface area contributed by atoms with Crippen molar-refractivity contribution in [2.24, 2.45) is 11.8 Å². The minimum absolute atomic E-state index is 0.00414. The van der Waals surface area contributed by atoms with Crippen molar-refractivity contribution < 1.29 is 14.7 Å². The molecule has 3 rings (SSSR count). The van der Waals surface area contributed by atoms with Crippen LogP contribution in [0.25, 0.3) is 0 Å². The Labute approximate surface area is 145 Å². The second-order valence-corrected chi connectivity index (χ2v) is 7.24. The minimum Gasteiger partial charge on any atom is -0.481 e. The van der Waals surface area contributed by atoms with Crippen LogP contribution in [0.2, 0.25) is 0 Å². The largest absolute Gasteiger partial charge is 0.481 e. The Morgan fingerprint density at radius 1 is 1.29 bits per heavy atom. The molecular weight excluding hydrogens is 324 g/mol. The van der Waals surface area contributed by atoms with Crippen LogP contribution in [0.3, 0.4) is 0 Å². The Balaban J connectivity index is 1.59. The summed E-state index contributed by atoms with van der Waals surface area (Å²) in [5.74, 6) is -1.33. The standard InChI is InChI=1S/C18H20N2O3S/c1-12-9-20(10-15(12)18(22)23)17(21)8-14-11-24-16(19-14)7-13-5-3-2-4-6-13/h2-6,11-12,15H,7-10H2,1H3,(H,22,23)/t12-,15-/m1/s1. The minimum atomic E-state index is -0.823. The van der Waals surface area contributed by atoms with Crippen molar-refractivity contribution in [3.05, 3.63) is 52.0 Å². The molecule has 1 aliphatic heterocycles. The first kappa shape index (κ1) is 16.6. The van der Waals surface area contributed by atoms with E-state index in [1.807, 2.05) is 30.5 Å². The van der Waals surface area contributed by atoms with E-state index in [-0.39, 0.29) is 18.2 Å². The summed E-state index contributed by atoms with van der Waals surface area (Å²) >= 11 is 1.56. The quantitative estimate of drug-likeness (QED) is 0.904. The molecule has 5 nitrogen and oxygen atoms in total. The number of hydrogen-bond donors (Lipinski definition) is 1. The molecule has 1 saturated heterocycles. The molecular formula is C18H20N2O3S. The lowest BCUT2D eigenvalue weighted by atomic mass is 9.99. The van der Waals surface area contributed by atoms with E-state index in [0.29, 0.717) is 13.1 Å². The number of aromatic nitrogens is 1. The summed E-state index contributed by atoms with van der Waals surface area (Å²) in [7, 11) is 0. The third-order valence-electron chi connectivity index (χ3n) is 4.41. The second-order valence-electron chi connectivity index (χ2n) is 6.29. The van der Waals surface area contributed by atoms with Crippen LogP contribution in [0.4, 0.5) is 0 Å². The summed E-state index contributed by atoms with van der Waals surface area (Å²) in [6, 6.07) is 10.1. The smallest absolute Gasteiger partial charge is 0.308 e. The van der Waals surface area contributed by atoms with Gasteiger partial charge in [-0.15, -0.1) is 11.3 Å². The summed E-state index contributed by atoms with van der Waals surface area (Å²) in [4.78, 5) is 29.8. The maximum Gasteiger partial charge on any atom is 0.308 e. The van der Waals surface area contributed by atoms with E-state index in [4.69, 9.17) is 5.11 Å². The molecule has 6 heteroatoms. The van der Waals surface area contributed by atoms with Crippen LogP contribution in [0.1, 0.15) is 23.2 Å². The molecule has 0 radical (unpaired) electrons. The molecule has 1 aromatic carbocycles. The Morgan fingerprint density at radius 3 is 2.71 bits per heavy atom. The van der Waals surface area contributed by atoms with Crippen LogP contribution in [-0.2, 0) is 22.4 Å². The van der Waals surface area contributed by atoms with Gasteiger partial charge >= 0.3 is 5.97 Å². The van der Waals surface area contributed by atoms with Crippen LogP contribution in [-0.4, -0.2) is 40.0 Å². The number of likely N-dealkylation sites (tertiary alicyclic amines) is 1. The molecule has 2 atom stereocenters. The van der Waals surface area contributed by atoms with Gasteiger partial charge < -0.3 is 10.0 Å². The van der Waals surface area contributed by atoms with E-state index in [0.717, 1.165) is 17.1 Å². The Hall–Kier alpha value is -2.21. The van der Waals surface area contributed by atoms with E-state index < -0.39 is 11.9 Å². The Kier molecular flexibility index (Phi) is 4.94. The van der Waals surface area contributed by atoms with Gasteiger partial charge in [-0.05, 0) is 11.5 Å². The zero-order valence-corrected chi connectivity index (χ0v) is 14.3. The zero-order valence-electron chi connectivity index (χ0n) is 13.5. The predicted octanol–water partition coefficient (Wildman–Crippen LogP) is 2.46. The summed E-state index contributed by atoms with van der Waals surface area (Å²) in [5.41, 5.74) is 1.96. The number of aliphatic carboxylic acids is 1. The van der Waals surface area contributed by atoms with E-state index >= 15 is 0 Å². The van der Waals surface area contributed by atoms with Crippen molar-refractivity contribution in [3.63, 3.8) is 0 Å². The van der Waals surface area contributed by atoms with E-state index in [2.05, 4.69) is 17.1 Å². The fourth-order valence-electron chi connectivity index (χ4n) is 3.04. The number of rotatable bonds is 5. The maximum atomic E-state index is 12.4. The third kappa shape index (κ3) is 3.82. The van der Waals surface area contributed by atoms with Gasteiger partial charge in [-0.3, -0.25) is 9.59 Å². The number of carbonyl (C=O) groups excluding carboxylic acids is 1. The van der Waals surface area contributed by atoms with Gasteiger partial charge in [0.15, 0.2) is 0 Å². The number of amides is 1. The van der Waals surface area contributed by atoms with Crippen LogP contribution in [0, 0.1) is 11.8 Å². The van der Waals surface area contributed by atoms with Crippen molar-refractivity contribution in [2.75, 3.05) is 13.1 Å². The lowest BCUT2D eigenvalue weighted by Gasteiger charge is -2.14. The van der Waals surface area contributed by atoms with Crippen LogP contribution < -0.4 is 0 Å². The first-order chi connectivity index (χ1) is 11.5. The van der Waals surface area contributed by atoms with Crippen molar-refractivity contribution in [2.45, 2.75) is 19.8 Å². The molecule has 1 fully saturated rings. The topological polar surface area (TPSA) is 70.5 Å². The molecule has 2 heterocycles. The average Bonchev–Trinajstić information content (AvgIpc) is 3.15. The highest BCUT2D eigenvalue weighted by atomic mass is 32.1. The van der Waals surface area contributed by atoms with Gasteiger partial charge in [-0.25, -0.2) is 4.98 Å². The lowest BCUT2D eigenvalue weighted by molar-refractivity contribution is -0.142. The Bertz CT molecular complexity index is 729. The van der Waals surface area contributed by atoms with Crippen molar-refractivity contribution >= 4 is 23.2 Å². The van der Waals surface area contributed by atoms with Gasteiger partial charge in [-0.1, -0.05) is 37.3 Å². The van der Waals surface area contributed by atoms with Crippen LogP contribution in [0.5, 0.6) is 0 Å². The van der Waals surface area contributed by atoms with Crippen molar-refractivity contribution in [3.8, 4) is 0 Å². The van der Waals surface area contributed by atoms with Crippen LogP contribution >= 0.6 is 11.3 Å². The summed E-state index contributed by atoms with van der Waals surface area (Å²) < 4.78 is 0. The average molecular weight is 344 g/mol. The molecule has 1 N–H and O–H groups in total. The predicted molar refractivity (Wildman–Crippen MR) is 91.9 cm³/mol. The van der Waals surface area contributed by atoms with Crippen molar-refractivity contribution in [1.29, 1.82) is 0 Å². The number of carboxylic acid groups (broad SMARTS) is 1. The number of thiazole rings is 1. The van der Waals surface area contributed by atoms with Gasteiger partial charge in [0.05, 0.1) is 23.0 Å². The molecule has 2 aromatic rings. The van der Waals surface area contributed by atoms with Gasteiger partial charge in [-0.2, -0.15) is 0 Å². The molecule has 0 saturated carbocycles. The highest BCUT2D eigenvalue weighted by Gasteiger charge is 2.36. The van der Waals surface area contributed by atoms with Gasteiger partial charge in [0.25, 0.3) is 0 Å². The molecule has 0 aliphatic carbocycles. The van der Waals surface area contributed by atoms with Crippen LogP contribution in [0.15, 0.2) is 35.7 Å². The molecule has 126 valence electrons. The number of carbonyl (C=O) groups is 2. The number of benzene rings is 1. The van der Waals surface area contributed by atoms with Gasteiger partial charge in [0, 0.05) is 24.9 Å². The number of nitrogens with zero attached hydrogens (tertiary/aromatic N) is 2. The zero-order chi connectivity index (χ0) is 17.1. The molecule has 24 heavy (non-hydrogen) atoms. The van der Waals surface area contributed by atoms with E-state index in [9.17, 15) is 9.59 Å². The number of hydrogen-bond acceptors (Lipinski definition) is 4. The molecule has 1 aliphatic rings. The summed E-state index contributed by atoms with van der Waals surface area (Å²) in [6.45, 7) is 2.69. The lowest BCUT2D eigenvalue weighted by Crippen LogP contribution is -2.31. The highest BCUT2D eigenvalue weighted by Crippen LogP contribution is 2.24. The summed E-state index contributed by atoms with van der Waals surface area (Å²) in [5, 5.41) is 12.1. The summed E-state index contributed by atoms with van der Waals surface area (Å²) in [6.07, 6.45) is 1.01. The first-order valence-corrected chi connectivity index (χ1v) is 8.88. The highest BCUT2D eigenvalue weighted by molar-refractivity contribution is 7.09.